The average Bonchev–Trinajstić information content (AvgIpc) is 2.75. The number of benzene rings is 2. The number of ether oxygens (including phenoxy) is 3. The third-order valence-corrected chi connectivity index (χ3v) is 3.94. The quantitative estimate of drug-likeness (QED) is 0.557. The third-order valence-electron chi connectivity index (χ3n) is 3.94. The zero-order chi connectivity index (χ0) is 21.2. The Morgan fingerprint density at radius 3 is 2.28 bits per heavy atom. The van der Waals surface area contributed by atoms with Crippen molar-refractivity contribution in [3.05, 3.63) is 53.6 Å². The van der Waals surface area contributed by atoms with Gasteiger partial charge in [0.05, 0.1) is 39.2 Å². The predicted octanol–water partition coefficient (Wildman–Crippen LogP) is 2.09. The number of rotatable bonds is 9. The molecule has 2 aromatic rings. The van der Waals surface area contributed by atoms with Gasteiger partial charge in [0.2, 0.25) is 11.7 Å². The van der Waals surface area contributed by atoms with Crippen LogP contribution in [-0.2, 0) is 4.79 Å². The first kappa shape index (κ1) is 21.8. The van der Waals surface area contributed by atoms with E-state index in [0.29, 0.717) is 34.1 Å². The number of carbonyl (C=O) groups excluding carboxylic acids is 2. The molecule has 29 heavy (non-hydrogen) atoms. The molecule has 0 heterocycles. The molecule has 0 aliphatic heterocycles. The summed E-state index contributed by atoms with van der Waals surface area (Å²) in [5, 5.41) is 14.1. The molecule has 0 saturated heterocycles. The monoisotopic (exact) mass is 400 g/mol. The van der Waals surface area contributed by atoms with Gasteiger partial charge in [-0.2, -0.15) is 0 Å². The summed E-state index contributed by atoms with van der Waals surface area (Å²) in [5.74, 6) is 0.597. The lowest BCUT2D eigenvalue weighted by molar-refractivity contribution is -0.111. The fraction of sp³-hybridized carbons (Fsp3) is 0.238. The average molecular weight is 400 g/mol. The Bertz CT molecular complexity index is 869. The molecule has 2 rings (SSSR count). The smallest absolute Gasteiger partial charge is 0.253 e. The van der Waals surface area contributed by atoms with E-state index in [1.165, 1.54) is 27.4 Å². The fourth-order valence-electron chi connectivity index (χ4n) is 2.60. The molecule has 0 atom stereocenters. The maximum atomic E-state index is 12.3. The van der Waals surface area contributed by atoms with Gasteiger partial charge in [-0.25, -0.2) is 0 Å². The Kier molecular flexibility index (Phi) is 8.05. The van der Waals surface area contributed by atoms with Crippen molar-refractivity contribution in [2.45, 2.75) is 0 Å². The minimum absolute atomic E-state index is 0.127. The van der Waals surface area contributed by atoms with Crippen LogP contribution in [0, 0.1) is 0 Å². The van der Waals surface area contributed by atoms with Crippen LogP contribution in [-0.4, -0.2) is 51.4 Å². The van der Waals surface area contributed by atoms with Gasteiger partial charge in [0.25, 0.3) is 5.91 Å². The van der Waals surface area contributed by atoms with Crippen LogP contribution in [0.4, 0.5) is 5.69 Å². The van der Waals surface area contributed by atoms with E-state index in [2.05, 4.69) is 10.6 Å². The first-order chi connectivity index (χ1) is 14.0. The van der Waals surface area contributed by atoms with Crippen molar-refractivity contribution in [3.63, 3.8) is 0 Å². The van der Waals surface area contributed by atoms with Crippen LogP contribution in [0.2, 0.25) is 0 Å². The predicted molar refractivity (Wildman–Crippen MR) is 110 cm³/mol. The maximum Gasteiger partial charge on any atom is 0.253 e. The zero-order valence-corrected chi connectivity index (χ0v) is 16.5. The molecule has 2 amide bonds. The second-order valence-electron chi connectivity index (χ2n) is 5.81. The summed E-state index contributed by atoms with van der Waals surface area (Å²) < 4.78 is 15.9. The molecular weight excluding hydrogens is 376 g/mol. The van der Waals surface area contributed by atoms with Gasteiger partial charge in [-0.3, -0.25) is 9.59 Å². The SMILES string of the molecule is COc1cc(/C=C/C(=O)Nc2ccccc2C(=O)NCCO)cc(OC)c1OC. The van der Waals surface area contributed by atoms with E-state index in [1.54, 1.807) is 42.5 Å². The highest BCUT2D eigenvalue weighted by Gasteiger charge is 2.13. The van der Waals surface area contributed by atoms with E-state index in [0.717, 1.165) is 0 Å². The van der Waals surface area contributed by atoms with Gasteiger partial charge in [-0.1, -0.05) is 12.1 Å². The number of hydrogen-bond donors (Lipinski definition) is 3. The fourth-order valence-corrected chi connectivity index (χ4v) is 2.60. The number of nitrogens with one attached hydrogen (secondary N) is 2. The van der Waals surface area contributed by atoms with Crippen LogP contribution in [0.5, 0.6) is 17.2 Å². The van der Waals surface area contributed by atoms with Crippen molar-refractivity contribution in [1.29, 1.82) is 0 Å². The zero-order valence-electron chi connectivity index (χ0n) is 16.5. The van der Waals surface area contributed by atoms with Crippen molar-refractivity contribution < 1.29 is 28.9 Å². The Morgan fingerprint density at radius 2 is 1.69 bits per heavy atom. The lowest BCUT2D eigenvalue weighted by Crippen LogP contribution is -2.27. The van der Waals surface area contributed by atoms with Gasteiger partial charge in [0.15, 0.2) is 11.5 Å². The standard InChI is InChI=1S/C21H24N2O6/c1-27-17-12-14(13-18(28-2)20(17)29-3)8-9-19(25)23-16-7-5-4-6-15(16)21(26)22-10-11-24/h4-9,12-13,24H,10-11H2,1-3H3,(H,22,26)(H,23,25)/b9-8+. The van der Waals surface area contributed by atoms with E-state index in [-0.39, 0.29) is 19.1 Å². The van der Waals surface area contributed by atoms with Crippen molar-refractivity contribution in [3.8, 4) is 17.2 Å². The minimum Gasteiger partial charge on any atom is -0.493 e. The van der Waals surface area contributed by atoms with Crippen LogP contribution in [0.3, 0.4) is 0 Å². The van der Waals surface area contributed by atoms with E-state index in [4.69, 9.17) is 19.3 Å². The molecule has 154 valence electrons. The molecule has 8 heteroatoms. The molecule has 0 aromatic heterocycles. The molecule has 0 unspecified atom stereocenters. The largest absolute Gasteiger partial charge is 0.493 e. The number of carbonyl (C=O) groups is 2. The topological polar surface area (TPSA) is 106 Å². The number of hydrogen-bond acceptors (Lipinski definition) is 6. The molecule has 0 aliphatic carbocycles. The lowest BCUT2D eigenvalue weighted by Gasteiger charge is -2.13. The molecule has 8 nitrogen and oxygen atoms in total. The number of aliphatic hydroxyl groups excluding tert-OH is 1. The molecule has 0 spiro atoms. The molecule has 0 aliphatic rings. The first-order valence-corrected chi connectivity index (χ1v) is 8.81. The number of amides is 2. The van der Waals surface area contributed by atoms with Crippen molar-refractivity contribution in [2.24, 2.45) is 0 Å². The summed E-state index contributed by atoms with van der Waals surface area (Å²) in [6, 6.07) is 10.0. The molecule has 0 radical (unpaired) electrons. The summed E-state index contributed by atoms with van der Waals surface area (Å²) in [6.07, 6.45) is 2.93. The normalized spacial score (nSPS) is 10.5. The highest BCUT2D eigenvalue weighted by molar-refractivity contribution is 6.07. The summed E-state index contributed by atoms with van der Waals surface area (Å²) in [5.41, 5.74) is 1.33. The highest BCUT2D eigenvalue weighted by atomic mass is 16.5. The van der Waals surface area contributed by atoms with Crippen molar-refractivity contribution in [2.75, 3.05) is 39.8 Å². The van der Waals surface area contributed by atoms with Gasteiger partial charge in [-0.05, 0) is 35.9 Å². The highest BCUT2D eigenvalue weighted by Crippen LogP contribution is 2.38. The molecule has 0 bridgehead atoms. The maximum absolute atomic E-state index is 12.3. The van der Waals surface area contributed by atoms with E-state index in [9.17, 15) is 9.59 Å². The number of para-hydroxylation sites is 1. The summed E-state index contributed by atoms with van der Waals surface area (Å²) >= 11 is 0. The third kappa shape index (κ3) is 5.73. The van der Waals surface area contributed by atoms with Crippen LogP contribution < -0.4 is 24.8 Å². The summed E-state index contributed by atoms with van der Waals surface area (Å²) in [4.78, 5) is 24.5. The van der Waals surface area contributed by atoms with Gasteiger partial charge >= 0.3 is 0 Å². The second kappa shape index (κ2) is 10.7. The van der Waals surface area contributed by atoms with Gasteiger partial charge < -0.3 is 30.0 Å². The summed E-state index contributed by atoms with van der Waals surface area (Å²) in [7, 11) is 4.53. The molecule has 0 saturated carbocycles. The first-order valence-electron chi connectivity index (χ1n) is 8.81. The Hall–Kier alpha value is -3.52. The minimum atomic E-state index is -0.416. The van der Waals surface area contributed by atoms with Gasteiger partial charge in [0, 0.05) is 12.6 Å². The van der Waals surface area contributed by atoms with Crippen molar-refractivity contribution in [1.82, 2.24) is 5.32 Å². The Morgan fingerprint density at radius 1 is 1.03 bits per heavy atom. The Balaban J connectivity index is 2.18. The van der Waals surface area contributed by atoms with E-state index < -0.39 is 5.91 Å². The molecular formula is C21H24N2O6. The number of aliphatic hydroxyl groups is 1. The lowest BCUT2D eigenvalue weighted by atomic mass is 10.1. The van der Waals surface area contributed by atoms with Crippen LogP contribution in [0.25, 0.3) is 6.08 Å². The van der Waals surface area contributed by atoms with Gasteiger partial charge in [0.1, 0.15) is 0 Å². The van der Waals surface area contributed by atoms with Crippen LogP contribution in [0.15, 0.2) is 42.5 Å². The van der Waals surface area contributed by atoms with E-state index in [1.807, 2.05) is 0 Å². The van der Waals surface area contributed by atoms with E-state index >= 15 is 0 Å². The number of anilines is 1. The molecule has 3 N–H and O–H groups in total. The second-order valence-corrected chi connectivity index (χ2v) is 5.81. The van der Waals surface area contributed by atoms with Gasteiger partial charge in [-0.15, -0.1) is 0 Å². The van der Waals surface area contributed by atoms with Crippen LogP contribution >= 0.6 is 0 Å². The Labute approximate surface area is 169 Å². The number of methoxy groups -OCH3 is 3. The van der Waals surface area contributed by atoms with Crippen LogP contribution in [0.1, 0.15) is 15.9 Å². The van der Waals surface area contributed by atoms with Crippen molar-refractivity contribution >= 4 is 23.6 Å². The summed E-state index contributed by atoms with van der Waals surface area (Å²) in [6.45, 7) is -0.0417. The molecule has 2 aromatic carbocycles. The molecule has 0 fully saturated rings.